The molecule has 49 valence electrons. The maximum absolute atomic E-state index is 3.72. The van der Waals surface area contributed by atoms with Crippen LogP contribution >= 0.6 is 0 Å². The van der Waals surface area contributed by atoms with Crippen LogP contribution in [0.25, 0.3) is 0 Å². The van der Waals surface area contributed by atoms with Gasteiger partial charge in [-0.25, -0.2) is 0 Å². The molecule has 0 saturated carbocycles. The summed E-state index contributed by atoms with van der Waals surface area (Å²) in [6, 6.07) is 0. The van der Waals surface area contributed by atoms with Crippen molar-refractivity contribution in [2.75, 3.05) is 0 Å². The predicted molar refractivity (Wildman–Crippen MR) is 43.7 cm³/mol. The van der Waals surface area contributed by atoms with Gasteiger partial charge in [-0.15, -0.1) is 0 Å². The van der Waals surface area contributed by atoms with Crippen molar-refractivity contribution >= 4 is 22.5 Å². The first-order valence-corrected chi connectivity index (χ1v) is 5.26. The first-order valence-electron chi connectivity index (χ1n) is 3.24. The first kappa shape index (κ1) is 9.28. The van der Waals surface area contributed by atoms with Gasteiger partial charge in [-0.05, 0) is 0 Å². The fraction of sp³-hybridized carbons (Fsp3) is 0.500. The van der Waals surface area contributed by atoms with E-state index in [9.17, 15) is 0 Å². The minimum absolute atomic E-state index is 0.547. The fourth-order valence-corrected chi connectivity index (χ4v) is 1.25. The molecule has 0 spiro atoms. The molecule has 0 saturated heterocycles. The summed E-state index contributed by atoms with van der Waals surface area (Å²) in [6.45, 7) is 7.44. The molecule has 1 heteroatoms. The molecular formula is C8H13Sn. The molecule has 0 amide bonds. The molecule has 3 radical (unpaired) electrons. The van der Waals surface area contributed by atoms with Crippen LogP contribution in [0.1, 0.15) is 12.8 Å². The summed E-state index contributed by atoms with van der Waals surface area (Å²) in [6.07, 6.45) is 6.50. The van der Waals surface area contributed by atoms with Crippen LogP contribution < -0.4 is 0 Å². The van der Waals surface area contributed by atoms with Gasteiger partial charge in [0, 0.05) is 0 Å². The number of hydrogen-bond acceptors (Lipinski definition) is 0. The summed E-state index contributed by atoms with van der Waals surface area (Å²) in [5, 5.41) is 0. The monoisotopic (exact) mass is 229 g/mol. The SMILES string of the molecule is C=CC(C=C)CC[CH2][Sn]. The topological polar surface area (TPSA) is 0 Å². The number of rotatable bonds is 5. The van der Waals surface area contributed by atoms with Crippen molar-refractivity contribution in [3.8, 4) is 0 Å². The van der Waals surface area contributed by atoms with E-state index in [1.165, 1.54) is 17.3 Å². The number of allylic oxidation sites excluding steroid dienone is 2. The third kappa shape index (κ3) is 4.76. The zero-order chi connectivity index (χ0) is 7.11. The van der Waals surface area contributed by atoms with Crippen LogP contribution in [-0.4, -0.2) is 22.5 Å². The average molecular weight is 228 g/mol. The third-order valence-corrected chi connectivity index (χ3v) is 2.33. The van der Waals surface area contributed by atoms with Crippen molar-refractivity contribution < 1.29 is 0 Å². The van der Waals surface area contributed by atoms with E-state index in [1.54, 1.807) is 22.5 Å². The third-order valence-electron chi connectivity index (χ3n) is 1.32. The Morgan fingerprint density at radius 3 is 2.22 bits per heavy atom. The van der Waals surface area contributed by atoms with Crippen LogP contribution in [0.4, 0.5) is 0 Å². The van der Waals surface area contributed by atoms with Gasteiger partial charge >= 0.3 is 71.0 Å². The predicted octanol–water partition coefficient (Wildman–Crippen LogP) is 2.34. The molecule has 0 aromatic heterocycles. The molecule has 0 heterocycles. The van der Waals surface area contributed by atoms with Gasteiger partial charge in [0.2, 0.25) is 0 Å². The zero-order valence-corrected chi connectivity index (χ0v) is 8.62. The van der Waals surface area contributed by atoms with Crippen LogP contribution in [0.15, 0.2) is 25.3 Å². The Morgan fingerprint density at radius 2 is 1.89 bits per heavy atom. The molecular weight excluding hydrogens is 215 g/mol. The van der Waals surface area contributed by atoms with Crippen molar-refractivity contribution in [3.63, 3.8) is 0 Å². The Labute approximate surface area is 71.1 Å². The van der Waals surface area contributed by atoms with Gasteiger partial charge in [-0.1, -0.05) is 0 Å². The summed E-state index contributed by atoms with van der Waals surface area (Å²) < 4.78 is 1.35. The summed E-state index contributed by atoms with van der Waals surface area (Å²) in [5.41, 5.74) is 0. The van der Waals surface area contributed by atoms with Gasteiger partial charge < -0.3 is 0 Å². The number of hydrogen-bond donors (Lipinski definition) is 0. The Bertz CT molecular complexity index is 78.6. The molecule has 0 fully saturated rings. The van der Waals surface area contributed by atoms with Gasteiger partial charge in [0.15, 0.2) is 0 Å². The van der Waals surface area contributed by atoms with E-state index in [2.05, 4.69) is 13.2 Å². The molecule has 0 aliphatic heterocycles. The summed E-state index contributed by atoms with van der Waals surface area (Å²) in [5.74, 6) is 0.547. The molecule has 9 heavy (non-hydrogen) atoms. The first-order chi connectivity index (χ1) is 4.35. The van der Waals surface area contributed by atoms with Crippen molar-refractivity contribution in [1.82, 2.24) is 0 Å². The second-order valence-electron chi connectivity index (χ2n) is 2.03. The Morgan fingerprint density at radius 1 is 1.33 bits per heavy atom. The molecule has 0 aromatic carbocycles. The van der Waals surface area contributed by atoms with E-state index in [0.717, 1.165) is 0 Å². The minimum atomic E-state index is 0.547. The van der Waals surface area contributed by atoms with Gasteiger partial charge in [-0.3, -0.25) is 0 Å². The molecule has 0 aliphatic rings. The van der Waals surface area contributed by atoms with E-state index in [1.807, 2.05) is 12.2 Å². The van der Waals surface area contributed by atoms with E-state index >= 15 is 0 Å². The van der Waals surface area contributed by atoms with Crippen molar-refractivity contribution in [2.24, 2.45) is 5.92 Å². The Balaban J connectivity index is 3.30. The quantitative estimate of drug-likeness (QED) is 0.500. The average Bonchev–Trinajstić information content (AvgIpc) is 1.91. The molecule has 0 atom stereocenters. The van der Waals surface area contributed by atoms with E-state index in [4.69, 9.17) is 0 Å². The van der Waals surface area contributed by atoms with Crippen LogP contribution in [-0.2, 0) is 0 Å². The molecule has 0 bridgehead atoms. The van der Waals surface area contributed by atoms with E-state index in [0.29, 0.717) is 5.92 Å². The van der Waals surface area contributed by atoms with Gasteiger partial charge in [-0.2, -0.15) is 0 Å². The molecule has 0 unspecified atom stereocenters. The van der Waals surface area contributed by atoms with Gasteiger partial charge in [0.1, 0.15) is 0 Å². The summed E-state index contributed by atoms with van der Waals surface area (Å²) >= 11 is 1.64. The van der Waals surface area contributed by atoms with E-state index < -0.39 is 0 Å². The molecule has 0 aliphatic carbocycles. The second kappa shape index (κ2) is 6.40. The second-order valence-corrected chi connectivity index (χ2v) is 3.45. The van der Waals surface area contributed by atoms with Crippen molar-refractivity contribution in [3.05, 3.63) is 25.3 Å². The molecule has 0 rings (SSSR count). The van der Waals surface area contributed by atoms with E-state index in [-0.39, 0.29) is 0 Å². The van der Waals surface area contributed by atoms with Gasteiger partial charge in [0.05, 0.1) is 0 Å². The molecule has 0 N–H and O–H groups in total. The summed E-state index contributed by atoms with van der Waals surface area (Å²) in [7, 11) is 0. The summed E-state index contributed by atoms with van der Waals surface area (Å²) in [4.78, 5) is 0. The van der Waals surface area contributed by atoms with Gasteiger partial charge in [0.25, 0.3) is 0 Å². The van der Waals surface area contributed by atoms with Crippen LogP contribution in [0.3, 0.4) is 0 Å². The zero-order valence-electron chi connectivity index (χ0n) is 5.77. The Hall–Kier alpha value is 0.279. The maximum atomic E-state index is 3.72. The molecule has 0 nitrogen and oxygen atoms in total. The van der Waals surface area contributed by atoms with Crippen LogP contribution in [0, 0.1) is 5.92 Å². The van der Waals surface area contributed by atoms with Crippen LogP contribution in [0.5, 0.6) is 0 Å². The molecule has 0 aromatic rings. The van der Waals surface area contributed by atoms with Crippen LogP contribution in [0.2, 0.25) is 4.44 Å². The Kier molecular flexibility index (Phi) is 6.60. The fourth-order valence-electron chi connectivity index (χ4n) is 0.670. The normalized spacial score (nSPS) is 9.56. The van der Waals surface area contributed by atoms with Crippen molar-refractivity contribution in [1.29, 1.82) is 0 Å². The standard InChI is InChI=1S/C8H13.Sn/c1-4-7-8(5-2)6-3;/h5-6,8H,1-4,7H2;. The van der Waals surface area contributed by atoms with Crippen molar-refractivity contribution in [2.45, 2.75) is 17.3 Å².